The summed E-state index contributed by atoms with van der Waals surface area (Å²) in [5.74, 6) is 0.0146. The van der Waals surface area contributed by atoms with Crippen LogP contribution in [0.25, 0.3) is 10.9 Å². The topological polar surface area (TPSA) is 59.4 Å². The lowest BCUT2D eigenvalue weighted by atomic mass is 9.93. The Balaban J connectivity index is 1.40. The molecule has 4 rings (SSSR count). The second kappa shape index (κ2) is 11.6. The van der Waals surface area contributed by atoms with Crippen molar-refractivity contribution < 1.29 is 14.6 Å². The van der Waals surface area contributed by atoms with Gasteiger partial charge in [0.15, 0.2) is 0 Å². The molecule has 0 fully saturated rings. The van der Waals surface area contributed by atoms with Gasteiger partial charge in [0.2, 0.25) is 0 Å². The van der Waals surface area contributed by atoms with Crippen LogP contribution in [-0.2, 0) is 22.6 Å². The van der Waals surface area contributed by atoms with Crippen LogP contribution >= 0.6 is 23.4 Å². The smallest absolute Gasteiger partial charge is 0.313 e. The van der Waals surface area contributed by atoms with Crippen molar-refractivity contribution in [1.82, 2.24) is 4.98 Å². The van der Waals surface area contributed by atoms with E-state index in [4.69, 9.17) is 16.3 Å². The van der Waals surface area contributed by atoms with Crippen molar-refractivity contribution in [2.75, 3.05) is 5.75 Å². The molecular weight excluding hydrogens is 478 g/mol. The van der Waals surface area contributed by atoms with Crippen LogP contribution < -0.4 is 4.74 Å². The molecule has 180 valence electrons. The van der Waals surface area contributed by atoms with Gasteiger partial charge in [0.1, 0.15) is 12.4 Å². The summed E-state index contributed by atoms with van der Waals surface area (Å²) < 4.78 is 5.67. The maximum absolute atomic E-state index is 11.3. The number of benzene rings is 3. The first-order chi connectivity index (χ1) is 16.9. The first-order valence-electron chi connectivity index (χ1n) is 11.6. The molecule has 35 heavy (non-hydrogen) atoms. The lowest BCUT2D eigenvalue weighted by molar-refractivity contribution is -0.133. The number of carboxylic acid groups (broad SMARTS) is 1. The lowest BCUT2D eigenvalue weighted by Gasteiger charge is -2.29. The van der Waals surface area contributed by atoms with Crippen molar-refractivity contribution in [3.8, 4) is 5.75 Å². The third-order valence-electron chi connectivity index (χ3n) is 6.05. The van der Waals surface area contributed by atoms with Crippen LogP contribution in [0.4, 0.5) is 0 Å². The van der Waals surface area contributed by atoms with E-state index in [9.17, 15) is 9.90 Å². The molecule has 1 atom stereocenters. The maximum atomic E-state index is 11.3. The van der Waals surface area contributed by atoms with Gasteiger partial charge < -0.3 is 9.84 Å². The van der Waals surface area contributed by atoms with Gasteiger partial charge in [0.25, 0.3) is 0 Å². The predicted octanol–water partition coefficient (Wildman–Crippen LogP) is 7.52. The number of carboxylic acids is 1. The Morgan fingerprint density at radius 2 is 1.74 bits per heavy atom. The second-order valence-electron chi connectivity index (χ2n) is 8.70. The maximum Gasteiger partial charge on any atom is 0.313 e. The third-order valence-corrected chi connectivity index (χ3v) is 7.77. The summed E-state index contributed by atoms with van der Waals surface area (Å²) in [7, 11) is 0. The van der Waals surface area contributed by atoms with Crippen LogP contribution in [0, 0.1) is 0 Å². The lowest BCUT2D eigenvalue weighted by Crippen LogP contribution is -2.20. The molecule has 1 unspecified atom stereocenters. The number of aliphatic carboxylic acids is 1. The molecule has 1 aromatic heterocycles. The standard InChI is InChI=1S/C29H28ClNO3S/c1-29(35-20-28(32)33,18-4-5-21-8-13-24(30)14-9-21)23-11-16-26(17-12-23)34-19-25-15-10-22-6-2-3-7-27(22)31-25/h2-3,6-17H,4-5,18-20H2,1H3,(H,32,33). The zero-order chi connectivity index (χ0) is 24.7. The molecule has 0 amide bonds. The number of aryl methyl sites for hydroxylation is 1. The minimum atomic E-state index is -0.804. The van der Waals surface area contributed by atoms with Crippen LogP contribution in [0.15, 0.2) is 84.9 Å². The van der Waals surface area contributed by atoms with E-state index in [1.54, 1.807) is 0 Å². The summed E-state index contributed by atoms with van der Waals surface area (Å²) in [4.78, 5) is 16.0. The highest BCUT2D eigenvalue weighted by Crippen LogP contribution is 2.41. The van der Waals surface area contributed by atoms with Crippen molar-refractivity contribution in [3.05, 3.63) is 107 Å². The average molecular weight is 506 g/mol. The first kappa shape index (κ1) is 25.1. The van der Waals surface area contributed by atoms with Crippen LogP contribution in [0.1, 0.15) is 36.6 Å². The van der Waals surface area contributed by atoms with Crippen LogP contribution in [0.5, 0.6) is 5.75 Å². The Bertz CT molecular complexity index is 1280. The second-order valence-corrected chi connectivity index (χ2v) is 10.6. The highest BCUT2D eigenvalue weighted by Gasteiger charge is 2.28. The van der Waals surface area contributed by atoms with E-state index >= 15 is 0 Å². The number of nitrogens with zero attached hydrogens (tertiary/aromatic N) is 1. The molecule has 0 bridgehead atoms. The minimum Gasteiger partial charge on any atom is -0.487 e. The Kier molecular flexibility index (Phi) is 8.32. The van der Waals surface area contributed by atoms with Crippen molar-refractivity contribution in [1.29, 1.82) is 0 Å². The third kappa shape index (κ3) is 7.00. The molecule has 6 heteroatoms. The molecule has 1 N–H and O–H groups in total. The number of ether oxygens (including phenoxy) is 1. The number of pyridine rings is 1. The van der Waals surface area contributed by atoms with Crippen molar-refractivity contribution >= 4 is 40.2 Å². The fraction of sp³-hybridized carbons (Fsp3) is 0.241. The van der Waals surface area contributed by atoms with Crippen molar-refractivity contribution in [2.24, 2.45) is 0 Å². The minimum absolute atomic E-state index is 0.0589. The predicted molar refractivity (Wildman–Crippen MR) is 144 cm³/mol. The summed E-state index contributed by atoms with van der Waals surface area (Å²) >= 11 is 7.46. The zero-order valence-electron chi connectivity index (χ0n) is 19.6. The molecule has 0 saturated carbocycles. The Labute approximate surface area is 215 Å². The van der Waals surface area contributed by atoms with E-state index in [0.717, 1.165) is 52.2 Å². The fourth-order valence-corrected chi connectivity index (χ4v) is 5.21. The van der Waals surface area contributed by atoms with E-state index in [2.05, 4.69) is 18.0 Å². The number of aromatic nitrogens is 1. The first-order valence-corrected chi connectivity index (χ1v) is 13.0. The SMILES string of the molecule is CC(CCCc1ccc(Cl)cc1)(SCC(=O)O)c1ccc(OCc2ccc3ccccc3n2)cc1. The molecular formula is C29H28ClNO3S. The largest absolute Gasteiger partial charge is 0.487 e. The Morgan fingerprint density at radius 3 is 2.49 bits per heavy atom. The van der Waals surface area contributed by atoms with Gasteiger partial charge in [0.05, 0.1) is 17.0 Å². The van der Waals surface area contributed by atoms with Gasteiger partial charge in [-0.1, -0.05) is 60.1 Å². The number of rotatable bonds is 11. The number of carbonyl (C=O) groups is 1. The highest BCUT2D eigenvalue weighted by atomic mass is 35.5. The number of hydrogen-bond acceptors (Lipinski definition) is 4. The molecule has 0 radical (unpaired) electrons. The summed E-state index contributed by atoms with van der Waals surface area (Å²) in [5.41, 5.74) is 4.15. The van der Waals surface area contributed by atoms with E-state index in [1.807, 2.05) is 78.9 Å². The van der Waals surface area contributed by atoms with Crippen molar-refractivity contribution in [3.63, 3.8) is 0 Å². The van der Waals surface area contributed by atoms with Gasteiger partial charge in [-0.15, -0.1) is 11.8 Å². The number of halogens is 1. The van der Waals surface area contributed by atoms with Crippen LogP contribution in [0.2, 0.25) is 5.02 Å². The molecule has 0 aliphatic carbocycles. The van der Waals surface area contributed by atoms with Crippen LogP contribution in [0.3, 0.4) is 0 Å². The quantitative estimate of drug-likeness (QED) is 0.228. The molecule has 0 aliphatic heterocycles. The number of hydrogen-bond donors (Lipinski definition) is 1. The zero-order valence-corrected chi connectivity index (χ0v) is 21.2. The molecule has 4 nitrogen and oxygen atoms in total. The summed E-state index contributed by atoms with van der Waals surface area (Å²) in [6.07, 6.45) is 2.71. The number of thioether (sulfide) groups is 1. The van der Waals surface area contributed by atoms with Gasteiger partial charge in [-0.05, 0) is 73.7 Å². The molecule has 0 aliphatic rings. The fourth-order valence-electron chi connectivity index (χ4n) is 4.05. The molecule has 4 aromatic rings. The number of para-hydroxylation sites is 1. The van der Waals surface area contributed by atoms with Crippen molar-refractivity contribution in [2.45, 2.75) is 37.5 Å². The Hall–Kier alpha value is -3.02. The van der Waals surface area contributed by atoms with Gasteiger partial charge in [-0.2, -0.15) is 0 Å². The monoisotopic (exact) mass is 505 g/mol. The van der Waals surface area contributed by atoms with Gasteiger partial charge in [0, 0.05) is 15.2 Å². The van der Waals surface area contributed by atoms with Gasteiger partial charge >= 0.3 is 5.97 Å². The Morgan fingerprint density at radius 1 is 1.00 bits per heavy atom. The average Bonchev–Trinajstić information content (AvgIpc) is 2.87. The van der Waals surface area contributed by atoms with E-state index in [1.165, 1.54) is 17.3 Å². The normalized spacial score (nSPS) is 12.9. The van der Waals surface area contributed by atoms with Crippen LogP contribution in [-0.4, -0.2) is 21.8 Å². The van der Waals surface area contributed by atoms with E-state index in [-0.39, 0.29) is 10.5 Å². The molecule has 3 aromatic carbocycles. The van der Waals surface area contributed by atoms with E-state index < -0.39 is 5.97 Å². The summed E-state index contributed by atoms with van der Waals surface area (Å²) in [6, 6.07) is 27.9. The number of fused-ring (bicyclic) bond motifs is 1. The van der Waals surface area contributed by atoms with Gasteiger partial charge in [-0.3, -0.25) is 4.79 Å². The summed E-state index contributed by atoms with van der Waals surface area (Å²) in [6.45, 7) is 2.51. The summed E-state index contributed by atoms with van der Waals surface area (Å²) in [5, 5.41) is 11.1. The van der Waals surface area contributed by atoms with E-state index in [0.29, 0.717) is 6.61 Å². The van der Waals surface area contributed by atoms with Gasteiger partial charge in [-0.25, -0.2) is 4.98 Å². The molecule has 1 heterocycles. The highest BCUT2D eigenvalue weighted by molar-refractivity contribution is 8.00. The molecule has 0 spiro atoms. The molecule has 0 saturated heterocycles.